The lowest BCUT2D eigenvalue weighted by Crippen LogP contribution is -2.53. The van der Waals surface area contributed by atoms with Gasteiger partial charge in [0, 0.05) is 31.9 Å². The fraction of sp³-hybridized carbons (Fsp3) is 0.462. The summed E-state index contributed by atoms with van der Waals surface area (Å²) in [6, 6.07) is 7.69. The number of thiocarbonyl (C=S) groups is 1. The number of hydrogen-bond donors (Lipinski definition) is 2. The van der Waals surface area contributed by atoms with Gasteiger partial charge in [-0.25, -0.2) is 5.01 Å². The summed E-state index contributed by atoms with van der Waals surface area (Å²) in [6.45, 7) is 4.05. The van der Waals surface area contributed by atoms with Crippen LogP contribution in [0.1, 0.15) is 0 Å². The fourth-order valence-corrected chi connectivity index (χ4v) is 2.14. The van der Waals surface area contributed by atoms with Crippen LogP contribution in [0.4, 0.5) is 5.69 Å². The quantitative estimate of drug-likeness (QED) is 0.799. The number of benzene rings is 1. The molecule has 0 spiro atoms. The smallest absolute Gasteiger partial charge is 0.185 e. The predicted octanol–water partition coefficient (Wildman–Crippen LogP) is 1.72. The number of ether oxygens (including phenoxy) is 1. The summed E-state index contributed by atoms with van der Waals surface area (Å²) in [5, 5.41) is 5.92. The SMILES string of the molecule is Br.COc1ccc(NC(=S)NN2CCN(C)CC2)cc1. The Morgan fingerprint density at radius 3 is 2.30 bits per heavy atom. The molecule has 0 atom stereocenters. The maximum atomic E-state index is 5.30. The number of piperazine rings is 1. The Balaban J connectivity index is 0.00000200. The molecule has 1 saturated heterocycles. The summed E-state index contributed by atoms with van der Waals surface area (Å²) in [7, 11) is 3.78. The van der Waals surface area contributed by atoms with Crippen LogP contribution in [-0.4, -0.2) is 55.4 Å². The highest BCUT2D eigenvalue weighted by Crippen LogP contribution is 2.14. The first-order valence-electron chi connectivity index (χ1n) is 6.32. The molecule has 7 heteroatoms. The molecule has 0 radical (unpaired) electrons. The lowest BCUT2D eigenvalue weighted by Gasteiger charge is -2.33. The van der Waals surface area contributed by atoms with Gasteiger partial charge in [-0.1, -0.05) is 0 Å². The summed E-state index contributed by atoms with van der Waals surface area (Å²) < 4.78 is 5.12. The van der Waals surface area contributed by atoms with Crippen LogP contribution >= 0.6 is 29.2 Å². The van der Waals surface area contributed by atoms with Gasteiger partial charge in [0.05, 0.1) is 7.11 Å². The van der Waals surface area contributed by atoms with Crippen molar-refractivity contribution in [1.29, 1.82) is 0 Å². The molecule has 0 aromatic heterocycles. The van der Waals surface area contributed by atoms with Crippen LogP contribution in [0.25, 0.3) is 0 Å². The Morgan fingerprint density at radius 1 is 1.15 bits per heavy atom. The third-order valence-electron chi connectivity index (χ3n) is 3.11. The van der Waals surface area contributed by atoms with Gasteiger partial charge in [-0.2, -0.15) is 0 Å². The zero-order valence-corrected chi connectivity index (χ0v) is 14.3. The van der Waals surface area contributed by atoms with Gasteiger partial charge in [0.2, 0.25) is 0 Å². The minimum atomic E-state index is 0. The number of nitrogens with one attached hydrogen (secondary N) is 2. The summed E-state index contributed by atoms with van der Waals surface area (Å²) in [6.07, 6.45) is 0. The van der Waals surface area contributed by atoms with Crippen LogP contribution in [0.15, 0.2) is 24.3 Å². The molecule has 1 aliphatic heterocycles. The van der Waals surface area contributed by atoms with Crippen LogP contribution in [-0.2, 0) is 0 Å². The van der Waals surface area contributed by atoms with E-state index < -0.39 is 0 Å². The van der Waals surface area contributed by atoms with Gasteiger partial charge in [0.15, 0.2) is 5.11 Å². The van der Waals surface area contributed by atoms with Crippen LogP contribution in [0.2, 0.25) is 0 Å². The fourth-order valence-electron chi connectivity index (χ4n) is 1.90. The molecule has 1 aliphatic rings. The lowest BCUT2D eigenvalue weighted by atomic mass is 10.3. The maximum absolute atomic E-state index is 5.30. The van der Waals surface area contributed by atoms with E-state index in [2.05, 4.69) is 27.7 Å². The number of hydrazine groups is 1. The molecule has 0 bridgehead atoms. The minimum Gasteiger partial charge on any atom is -0.497 e. The first-order chi connectivity index (χ1) is 9.17. The number of halogens is 1. The minimum absolute atomic E-state index is 0. The van der Waals surface area contributed by atoms with Crippen molar-refractivity contribution in [2.45, 2.75) is 0 Å². The van der Waals surface area contributed by atoms with E-state index in [0.29, 0.717) is 5.11 Å². The summed E-state index contributed by atoms with van der Waals surface area (Å²) >= 11 is 5.30. The number of methoxy groups -OCH3 is 1. The summed E-state index contributed by atoms with van der Waals surface area (Å²) in [4.78, 5) is 2.30. The molecule has 0 amide bonds. The Hall–Kier alpha value is -0.890. The average Bonchev–Trinajstić information content (AvgIpc) is 2.42. The van der Waals surface area contributed by atoms with Crippen LogP contribution in [0.5, 0.6) is 5.75 Å². The van der Waals surface area contributed by atoms with Crippen molar-refractivity contribution in [3.63, 3.8) is 0 Å². The Labute approximate surface area is 136 Å². The van der Waals surface area contributed by atoms with Crippen LogP contribution < -0.4 is 15.5 Å². The van der Waals surface area contributed by atoms with Crippen molar-refractivity contribution in [3.05, 3.63) is 24.3 Å². The van der Waals surface area contributed by atoms with Crippen molar-refractivity contribution in [3.8, 4) is 5.75 Å². The van der Waals surface area contributed by atoms with E-state index in [1.807, 2.05) is 24.3 Å². The van der Waals surface area contributed by atoms with E-state index in [0.717, 1.165) is 37.6 Å². The molecule has 20 heavy (non-hydrogen) atoms. The zero-order valence-electron chi connectivity index (χ0n) is 11.8. The molecule has 112 valence electrons. The first-order valence-corrected chi connectivity index (χ1v) is 6.73. The Morgan fingerprint density at radius 2 is 1.75 bits per heavy atom. The second kappa shape index (κ2) is 8.41. The molecule has 1 heterocycles. The highest BCUT2D eigenvalue weighted by Gasteiger charge is 2.14. The van der Waals surface area contributed by atoms with Crippen molar-refractivity contribution in [1.82, 2.24) is 15.3 Å². The monoisotopic (exact) mass is 360 g/mol. The summed E-state index contributed by atoms with van der Waals surface area (Å²) in [5.74, 6) is 0.837. The Kier molecular flexibility index (Phi) is 7.22. The van der Waals surface area contributed by atoms with Crippen molar-refractivity contribution in [2.24, 2.45) is 0 Å². The second-order valence-electron chi connectivity index (χ2n) is 4.58. The van der Waals surface area contributed by atoms with Gasteiger partial charge in [0.1, 0.15) is 5.75 Å². The molecule has 1 aromatic rings. The van der Waals surface area contributed by atoms with Gasteiger partial charge >= 0.3 is 0 Å². The van der Waals surface area contributed by atoms with Gasteiger partial charge in [-0.15, -0.1) is 17.0 Å². The summed E-state index contributed by atoms with van der Waals surface area (Å²) in [5.41, 5.74) is 4.16. The maximum Gasteiger partial charge on any atom is 0.185 e. The van der Waals surface area contributed by atoms with E-state index in [4.69, 9.17) is 17.0 Å². The highest BCUT2D eigenvalue weighted by molar-refractivity contribution is 8.93. The first kappa shape index (κ1) is 17.2. The second-order valence-corrected chi connectivity index (χ2v) is 4.99. The van der Waals surface area contributed by atoms with Crippen molar-refractivity contribution in [2.75, 3.05) is 45.7 Å². The third-order valence-corrected chi connectivity index (χ3v) is 3.30. The third kappa shape index (κ3) is 5.24. The van der Waals surface area contributed by atoms with Crippen molar-refractivity contribution < 1.29 is 4.74 Å². The van der Waals surface area contributed by atoms with Gasteiger partial charge in [-0.3, -0.25) is 5.43 Å². The standard InChI is InChI=1S/C13H20N4OS.BrH/c1-16-7-9-17(10-8-16)15-13(19)14-11-3-5-12(18-2)6-4-11;/h3-6H,7-10H2,1-2H3,(H2,14,15,19);1H. The lowest BCUT2D eigenvalue weighted by molar-refractivity contribution is 0.131. The molecule has 0 unspecified atom stereocenters. The number of likely N-dealkylation sites (N-methyl/N-ethyl adjacent to an activating group) is 1. The molecule has 0 aliphatic carbocycles. The van der Waals surface area contributed by atoms with Crippen LogP contribution in [0, 0.1) is 0 Å². The zero-order chi connectivity index (χ0) is 13.7. The molecule has 2 rings (SSSR count). The van der Waals surface area contributed by atoms with Gasteiger partial charge in [-0.05, 0) is 43.5 Å². The van der Waals surface area contributed by atoms with Crippen LogP contribution in [0.3, 0.4) is 0 Å². The molecule has 0 saturated carbocycles. The number of anilines is 1. The number of nitrogens with zero attached hydrogens (tertiary/aromatic N) is 2. The normalized spacial score (nSPS) is 16.1. The molecule has 1 fully saturated rings. The predicted molar refractivity (Wildman–Crippen MR) is 91.7 cm³/mol. The average molecular weight is 361 g/mol. The molecule has 1 aromatic carbocycles. The number of hydrogen-bond acceptors (Lipinski definition) is 4. The van der Waals surface area contributed by atoms with E-state index in [-0.39, 0.29) is 17.0 Å². The molecule has 2 N–H and O–H groups in total. The molecular weight excluding hydrogens is 340 g/mol. The Bertz CT molecular complexity index is 421. The van der Waals surface area contributed by atoms with E-state index in [1.54, 1.807) is 7.11 Å². The van der Waals surface area contributed by atoms with E-state index in [9.17, 15) is 0 Å². The topological polar surface area (TPSA) is 39.8 Å². The van der Waals surface area contributed by atoms with Gasteiger partial charge < -0.3 is 15.0 Å². The van der Waals surface area contributed by atoms with E-state index >= 15 is 0 Å². The van der Waals surface area contributed by atoms with Gasteiger partial charge in [0.25, 0.3) is 0 Å². The largest absolute Gasteiger partial charge is 0.497 e. The highest BCUT2D eigenvalue weighted by atomic mass is 79.9. The molecular formula is C13H21BrN4OS. The number of rotatable bonds is 3. The van der Waals surface area contributed by atoms with E-state index in [1.165, 1.54) is 0 Å². The van der Waals surface area contributed by atoms with Crippen molar-refractivity contribution >= 4 is 40.0 Å². The molecule has 5 nitrogen and oxygen atoms in total.